The molecule has 0 saturated heterocycles. The van der Waals surface area contributed by atoms with Crippen LogP contribution in [-0.2, 0) is 9.53 Å². The number of halogens is 2. The van der Waals surface area contributed by atoms with Crippen molar-refractivity contribution in [2.24, 2.45) is 0 Å². The van der Waals surface area contributed by atoms with Gasteiger partial charge in [-0.3, -0.25) is 0 Å². The van der Waals surface area contributed by atoms with E-state index in [1.54, 1.807) is 6.92 Å². The zero-order valence-electron chi connectivity index (χ0n) is 9.46. The van der Waals surface area contributed by atoms with Crippen molar-refractivity contribution in [3.05, 3.63) is 35.4 Å². The van der Waals surface area contributed by atoms with E-state index in [2.05, 4.69) is 4.74 Å². The molecule has 0 aromatic heterocycles. The molecule has 92 valence electrons. The number of phenols is 1. The van der Waals surface area contributed by atoms with Gasteiger partial charge in [0.25, 0.3) is 0 Å². The molecule has 0 heterocycles. The lowest BCUT2D eigenvalue weighted by Crippen LogP contribution is -2.00. The maximum Gasteiger partial charge on any atom is 0.331 e. The zero-order valence-corrected chi connectivity index (χ0v) is 9.46. The Kier molecular flexibility index (Phi) is 4.20. The van der Waals surface area contributed by atoms with E-state index < -0.39 is 23.4 Å². The zero-order chi connectivity index (χ0) is 13.0. The minimum Gasteiger partial charge on any atom is -0.503 e. The van der Waals surface area contributed by atoms with E-state index in [-0.39, 0.29) is 12.2 Å². The molecule has 0 saturated carbocycles. The maximum atomic E-state index is 13.1. The van der Waals surface area contributed by atoms with Gasteiger partial charge in [-0.2, -0.15) is 0 Å². The molecule has 0 spiro atoms. The third kappa shape index (κ3) is 3.27. The highest BCUT2D eigenvalue weighted by Crippen LogP contribution is 2.25. The predicted molar refractivity (Wildman–Crippen MR) is 58.3 cm³/mol. The van der Waals surface area contributed by atoms with Crippen molar-refractivity contribution in [3.63, 3.8) is 0 Å². The van der Waals surface area contributed by atoms with Crippen LogP contribution in [0.3, 0.4) is 0 Å². The summed E-state index contributed by atoms with van der Waals surface area (Å²) >= 11 is 0. The Labute approximate surface area is 97.3 Å². The van der Waals surface area contributed by atoms with Crippen LogP contribution < -0.4 is 0 Å². The summed E-state index contributed by atoms with van der Waals surface area (Å²) in [6.45, 7) is 3.39. The third-order valence-electron chi connectivity index (χ3n) is 2.09. The number of esters is 1. The molecule has 3 nitrogen and oxygen atoms in total. The SMILES string of the molecule is CCOC(=O)/C=C(\C)c1cc(F)c(O)c(F)c1. The van der Waals surface area contributed by atoms with Crippen molar-refractivity contribution in [3.8, 4) is 5.75 Å². The van der Waals surface area contributed by atoms with Crippen LogP contribution in [0.25, 0.3) is 5.57 Å². The molecule has 0 bridgehead atoms. The molecule has 0 unspecified atom stereocenters. The van der Waals surface area contributed by atoms with E-state index in [1.165, 1.54) is 6.92 Å². The molecule has 1 aromatic carbocycles. The fourth-order valence-corrected chi connectivity index (χ4v) is 1.24. The summed E-state index contributed by atoms with van der Waals surface area (Å²) in [7, 11) is 0. The first-order valence-corrected chi connectivity index (χ1v) is 4.99. The summed E-state index contributed by atoms with van der Waals surface area (Å²) in [4.78, 5) is 11.1. The van der Waals surface area contributed by atoms with Crippen LogP contribution in [0, 0.1) is 11.6 Å². The Morgan fingerprint density at radius 2 is 1.94 bits per heavy atom. The summed E-state index contributed by atoms with van der Waals surface area (Å²) in [5.41, 5.74) is 0.520. The first-order chi connectivity index (χ1) is 7.95. The van der Waals surface area contributed by atoms with Gasteiger partial charge in [0.1, 0.15) is 0 Å². The van der Waals surface area contributed by atoms with E-state index in [0.29, 0.717) is 5.57 Å². The molecule has 0 radical (unpaired) electrons. The number of phenolic OH excluding ortho intramolecular Hbond substituents is 1. The molecular weight excluding hydrogens is 230 g/mol. The Balaban J connectivity index is 3.04. The molecule has 0 aliphatic rings. The van der Waals surface area contributed by atoms with E-state index in [9.17, 15) is 13.6 Å². The Morgan fingerprint density at radius 3 is 2.41 bits per heavy atom. The van der Waals surface area contributed by atoms with Crippen LogP contribution in [-0.4, -0.2) is 17.7 Å². The lowest BCUT2D eigenvalue weighted by Gasteiger charge is -2.04. The van der Waals surface area contributed by atoms with Crippen LogP contribution in [0.15, 0.2) is 18.2 Å². The van der Waals surface area contributed by atoms with Gasteiger partial charge in [0.15, 0.2) is 17.4 Å². The number of carbonyl (C=O) groups is 1. The third-order valence-corrected chi connectivity index (χ3v) is 2.09. The summed E-state index contributed by atoms with van der Waals surface area (Å²) in [6, 6.07) is 1.90. The molecular formula is C12H12F2O3. The number of aromatic hydroxyl groups is 1. The molecule has 0 aliphatic carbocycles. The highest BCUT2D eigenvalue weighted by molar-refractivity contribution is 5.90. The number of rotatable bonds is 3. The molecule has 0 aliphatic heterocycles. The minimum atomic E-state index is -1.07. The van der Waals surface area contributed by atoms with Crippen LogP contribution in [0.1, 0.15) is 19.4 Å². The molecule has 1 N–H and O–H groups in total. The largest absolute Gasteiger partial charge is 0.503 e. The summed E-state index contributed by atoms with van der Waals surface area (Å²) in [5.74, 6) is -3.76. The molecule has 0 amide bonds. The smallest absolute Gasteiger partial charge is 0.331 e. The average Bonchev–Trinajstić information content (AvgIpc) is 2.25. The first-order valence-electron chi connectivity index (χ1n) is 4.99. The fraction of sp³-hybridized carbons (Fsp3) is 0.250. The van der Waals surface area contributed by atoms with Crippen molar-refractivity contribution < 1.29 is 23.4 Å². The second-order valence-corrected chi connectivity index (χ2v) is 3.37. The quantitative estimate of drug-likeness (QED) is 0.654. The first kappa shape index (κ1) is 13.2. The lowest BCUT2D eigenvalue weighted by molar-refractivity contribution is -0.137. The summed E-state index contributed by atoms with van der Waals surface area (Å²) in [5, 5.41) is 8.92. The predicted octanol–water partition coefficient (Wildman–Crippen LogP) is 2.64. The standard InChI is InChI=1S/C12H12F2O3/c1-3-17-11(15)4-7(2)8-5-9(13)12(16)10(14)6-8/h4-6,16H,3H2,1-2H3/b7-4+. The van der Waals surface area contributed by atoms with E-state index >= 15 is 0 Å². The maximum absolute atomic E-state index is 13.1. The van der Waals surface area contributed by atoms with Crippen molar-refractivity contribution >= 4 is 11.5 Å². The van der Waals surface area contributed by atoms with Gasteiger partial charge in [0.2, 0.25) is 0 Å². The number of allylic oxidation sites excluding steroid dienone is 1. The molecule has 0 atom stereocenters. The van der Waals surface area contributed by atoms with Gasteiger partial charge in [-0.25, -0.2) is 13.6 Å². The number of carbonyl (C=O) groups excluding carboxylic acids is 1. The minimum absolute atomic E-state index is 0.172. The Hall–Kier alpha value is -1.91. The number of hydrogen-bond acceptors (Lipinski definition) is 3. The van der Waals surface area contributed by atoms with Crippen molar-refractivity contribution in [2.45, 2.75) is 13.8 Å². The van der Waals surface area contributed by atoms with Gasteiger partial charge in [0.05, 0.1) is 6.61 Å². The van der Waals surface area contributed by atoms with Crippen molar-refractivity contribution in [1.82, 2.24) is 0 Å². The molecule has 5 heteroatoms. The normalized spacial score (nSPS) is 11.4. The molecule has 0 fully saturated rings. The van der Waals surface area contributed by atoms with E-state index in [1.807, 2.05) is 0 Å². The monoisotopic (exact) mass is 242 g/mol. The van der Waals surface area contributed by atoms with Gasteiger partial charge in [-0.05, 0) is 37.1 Å². The van der Waals surface area contributed by atoms with E-state index in [0.717, 1.165) is 18.2 Å². The molecule has 17 heavy (non-hydrogen) atoms. The van der Waals surface area contributed by atoms with Crippen molar-refractivity contribution in [1.29, 1.82) is 0 Å². The van der Waals surface area contributed by atoms with Crippen LogP contribution in [0.2, 0.25) is 0 Å². The second kappa shape index (κ2) is 5.43. The lowest BCUT2D eigenvalue weighted by atomic mass is 10.1. The summed E-state index contributed by atoms with van der Waals surface area (Å²) < 4.78 is 30.8. The Bertz CT molecular complexity index is 444. The van der Waals surface area contributed by atoms with Gasteiger partial charge >= 0.3 is 5.97 Å². The van der Waals surface area contributed by atoms with Gasteiger partial charge in [0, 0.05) is 6.08 Å². The average molecular weight is 242 g/mol. The highest BCUT2D eigenvalue weighted by Gasteiger charge is 2.11. The van der Waals surface area contributed by atoms with Crippen molar-refractivity contribution in [2.75, 3.05) is 6.61 Å². The number of ether oxygens (including phenoxy) is 1. The fourth-order valence-electron chi connectivity index (χ4n) is 1.24. The number of benzene rings is 1. The van der Waals surface area contributed by atoms with Gasteiger partial charge in [-0.1, -0.05) is 0 Å². The summed E-state index contributed by atoms with van der Waals surface area (Å²) in [6.07, 6.45) is 1.13. The second-order valence-electron chi connectivity index (χ2n) is 3.37. The topological polar surface area (TPSA) is 46.5 Å². The molecule has 1 rings (SSSR count). The van der Waals surface area contributed by atoms with Crippen LogP contribution in [0.4, 0.5) is 8.78 Å². The molecule has 1 aromatic rings. The van der Waals surface area contributed by atoms with Crippen LogP contribution in [0.5, 0.6) is 5.75 Å². The van der Waals surface area contributed by atoms with Crippen LogP contribution >= 0.6 is 0 Å². The Morgan fingerprint density at radius 1 is 1.41 bits per heavy atom. The van der Waals surface area contributed by atoms with Gasteiger partial charge in [-0.15, -0.1) is 0 Å². The van der Waals surface area contributed by atoms with E-state index in [4.69, 9.17) is 5.11 Å². The highest BCUT2D eigenvalue weighted by atomic mass is 19.1. The van der Waals surface area contributed by atoms with Gasteiger partial charge < -0.3 is 9.84 Å². The number of hydrogen-bond donors (Lipinski definition) is 1.